The molecule has 1 aliphatic carbocycles. The molecule has 1 aromatic rings. The lowest BCUT2D eigenvalue weighted by atomic mass is 9.89. The summed E-state index contributed by atoms with van der Waals surface area (Å²) in [5.74, 6) is 0.398. The Morgan fingerprint density at radius 3 is 2.67 bits per heavy atom. The Balaban J connectivity index is 1.87. The minimum Gasteiger partial charge on any atom is -0.399 e. The van der Waals surface area contributed by atoms with Gasteiger partial charge < -0.3 is 15.8 Å². The Morgan fingerprint density at radius 2 is 2.05 bits per heavy atom. The first-order valence-corrected chi connectivity index (χ1v) is 7.87. The summed E-state index contributed by atoms with van der Waals surface area (Å²) < 4.78 is 5.67. The molecule has 4 nitrogen and oxygen atoms in total. The van der Waals surface area contributed by atoms with Crippen LogP contribution in [0.1, 0.15) is 32.6 Å². The first kappa shape index (κ1) is 16.4. The predicted octanol–water partition coefficient (Wildman–Crippen LogP) is 4.11. The monoisotopic (exact) mass is 330 g/mol. The maximum absolute atomic E-state index is 11.9. The number of benzene rings is 1. The maximum Gasteiger partial charge on any atom is 0.250 e. The number of rotatable bonds is 4. The highest BCUT2D eigenvalue weighted by Gasteiger charge is 2.20. The van der Waals surface area contributed by atoms with E-state index in [0.717, 1.165) is 19.3 Å². The number of nitrogen functional groups attached to an aromatic ring is 1. The summed E-state index contributed by atoms with van der Waals surface area (Å²) >= 11 is 12.1. The molecule has 1 aromatic carbocycles. The number of carbonyl (C=O) groups excluding carboxylic acids is 1. The molecule has 0 spiro atoms. The van der Waals surface area contributed by atoms with Crippen LogP contribution in [-0.2, 0) is 9.53 Å². The zero-order valence-corrected chi connectivity index (χ0v) is 13.5. The molecule has 0 aromatic heterocycles. The van der Waals surface area contributed by atoms with E-state index in [1.807, 2.05) is 0 Å². The summed E-state index contributed by atoms with van der Waals surface area (Å²) in [6.07, 6.45) is 4.58. The molecule has 21 heavy (non-hydrogen) atoms. The Morgan fingerprint density at radius 1 is 1.38 bits per heavy atom. The van der Waals surface area contributed by atoms with Gasteiger partial charge in [-0.25, -0.2) is 0 Å². The molecule has 1 aliphatic rings. The summed E-state index contributed by atoms with van der Waals surface area (Å²) in [5.41, 5.74) is 6.45. The van der Waals surface area contributed by atoms with Gasteiger partial charge in [-0.15, -0.1) is 0 Å². The Bertz CT molecular complexity index is 499. The molecular weight excluding hydrogens is 311 g/mol. The van der Waals surface area contributed by atoms with Crippen LogP contribution in [0.3, 0.4) is 0 Å². The fourth-order valence-corrected chi connectivity index (χ4v) is 3.21. The van der Waals surface area contributed by atoms with Gasteiger partial charge >= 0.3 is 0 Å². The van der Waals surface area contributed by atoms with Gasteiger partial charge in [0.05, 0.1) is 21.8 Å². The van der Waals surface area contributed by atoms with E-state index in [-0.39, 0.29) is 18.6 Å². The van der Waals surface area contributed by atoms with Crippen molar-refractivity contribution in [2.24, 2.45) is 5.92 Å². The highest BCUT2D eigenvalue weighted by atomic mass is 35.5. The number of anilines is 2. The van der Waals surface area contributed by atoms with Gasteiger partial charge in [0.1, 0.15) is 6.61 Å². The molecule has 3 N–H and O–H groups in total. The summed E-state index contributed by atoms with van der Waals surface area (Å²) in [6.45, 7) is 2.22. The maximum atomic E-state index is 11.9. The van der Waals surface area contributed by atoms with E-state index in [1.165, 1.54) is 6.42 Å². The smallest absolute Gasteiger partial charge is 0.250 e. The average molecular weight is 331 g/mol. The van der Waals surface area contributed by atoms with E-state index in [4.69, 9.17) is 33.7 Å². The van der Waals surface area contributed by atoms with Crippen molar-refractivity contribution in [2.45, 2.75) is 38.7 Å². The van der Waals surface area contributed by atoms with Crippen molar-refractivity contribution in [1.82, 2.24) is 0 Å². The third kappa shape index (κ3) is 4.77. The van der Waals surface area contributed by atoms with Gasteiger partial charge in [-0.05, 0) is 30.9 Å². The van der Waals surface area contributed by atoms with Gasteiger partial charge in [0, 0.05) is 5.69 Å². The standard InChI is InChI=1S/C15H20Cl2N2O2/c1-9-3-2-4-11(5-9)21-8-14(20)19-15-12(16)6-10(18)7-13(15)17/h6-7,9,11H,2-5,8,18H2,1H3,(H,19,20). The highest BCUT2D eigenvalue weighted by molar-refractivity contribution is 6.40. The van der Waals surface area contributed by atoms with Gasteiger partial charge in [0.2, 0.25) is 5.91 Å². The van der Waals surface area contributed by atoms with Crippen molar-refractivity contribution in [3.63, 3.8) is 0 Å². The van der Waals surface area contributed by atoms with Crippen LogP contribution in [0.15, 0.2) is 12.1 Å². The fraction of sp³-hybridized carbons (Fsp3) is 0.533. The van der Waals surface area contributed by atoms with Gasteiger partial charge in [0.25, 0.3) is 0 Å². The van der Waals surface area contributed by atoms with Crippen LogP contribution in [0.5, 0.6) is 0 Å². The number of ether oxygens (including phenoxy) is 1. The fourth-order valence-electron chi connectivity index (χ4n) is 2.61. The largest absolute Gasteiger partial charge is 0.399 e. The van der Waals surface area contributed by atoms with Crippen LogP contribution >= 0.6 is 23.2 Å². The molecule has 6 heteroatoms. The van der Waals surface area contributed by atoms with E-state index < -0.39 is 0 Å². The number of amides is 1. The van der Waals surface area contributed by atoms with Gasteiger partial charge in [-0.3, -0.25) is 4.79 Å². The van der Waals surface area contributed by atoms with E-state index >= 15 is 0 Å². The van der Waals surface area contributed by atoms with Crippen molar-refractivity contribution in [3.05, 3.63) is 22.2 Å². The normalized spacial score (nSPS) is 22.0. The van der Waals surface area contributed by atoms with Gasteiger partial charge in [-0.2, -0.15) is 0 Å². The van der Waals surface area contributed by atoms with E-state index in [1.54, 1.807) is 12.1 Å². The lowest BCUT2D eigenvalue weighted by molar-refractivity contribution is -0.123. The molecule has 0 heterocycles. The second-order valence-electron chi connectivity index (χ2n) is 5.61. The minimum atomic E-state index is -0.262. The zero-order valence-electron chi connectivity index (χ0n) is 12.0. The van der Waals surface area contributed by atoms with Crippen molar-refractivity contribution in [3.8, 4) is 0 Å². The Hall–Kier alpha value is -0.970. The number of hydrogen-bond acceptors (Lipinski definition) is 3. The van der Waals surface area contributed by atoms with Crippen molar-refractivity contribution >= 4 is 40.5 Å². The first-order valence-electron chi connectivity index (χ1n) is 7.11. The molecule has 0 bridgehead atoms. The predicted molar refractivity (Wildman–Crippen MR) is 86.9 cm³/mol. The molecule has 1 amide bonds. The Kier molecular flexibility index (Phi) is 5.73. The number of nitrogens with one attached hydrogen (secondary N) is 1. The lowest BCUT2D eigenvalue weighted by Crippen LogP contribution is -2.27. The quantitative estimate of drug-likeness (QED) is 0.816. The van der Waals surface area contributed by atoms with Crippen LogP contribution in [0.4, 0.5) is 11.4 Å². The molecule has 1 saturated carbocycles. The first-order chi connectivity index (χ1) is 9.95. The topological polar surface area (TPSA) is 64.3 Å². The summed E-state index contributed by atoms with van der Waals surface area (Å²) in [4.78, 5) is 11.9. The van der Waals surface area contributed by atoms with Crippen LogP contribution < -0.4 is 11.1 Å². The molecule has 0 aliphatic heterocycles. The summed E-state index contributed by atoms with van der Waals surface area (Å²) in [6, 6.07) is 3.10. The average Bonchev–Trinajstić information content (AvgIpc) is 2.40. The number of nitrogens with two attached hydrogens (primary N) is 1. The molecule has 2 rings (SSSR count). The third-order valence-corrected chi connectivity index (χ3v) is 4.26. The molecule has 0 saturated heterocycles. The van der Waals surface area contributed by atoms with E-state index in [0.29, 0.717) is 27.3 Å². The third-order valence-electron chi connectivity index (χ3n) is 3.67. The molecule has 2 unspecified atom stereocenters. The number of carbonyl (C=O) groups is 1. The van der Waals surface area contributed by atoms with Crippen molar-refractivity contribution in [2.75, 3.05) is 17.7 Å². The van der Waals surface area contributed by atoms with Crippen LogP contribution in [0, 0.1) is 5.92 Å². The number of halogens is 2. The molecule has 116 valence electrons. The van der Waals surface area contributed by atoms with Crippen LogP contribution in [0.2, 0.25) is 10.0 Å². The lowest BCUT2D eigenvalue weighted by Gasteiger charge is -2.26. The van der Waals surface area contributed by atoms with Crippen molar-refractivity contribution < 1.29 is 9.53 Å². The minimum absolute atomic E-state index is 0.00835. The molecule has 1 fully saturated rings. The van der Waals surface area contributed by atoms with Crippen LogP contribution in [-0.4, -0.2) is 18.6 Å². The Labute approximate surface area is 134 Å². The van der Waals surface area contributed by atoms with Gasteiger partial charge in [-0.1, -0.05) is 43.0 Å². The SMILES string of the molecule is CC1CCCC(OCC(=O)Nc2c(Cl)cc(N)cc2Cl)C1. The van der Waals surface area contributed by atoms with Crippen LogP contribution in [0.25, 0.3) is 0 Å². The summed E-state index contributed by atoms with van der Waals surface area (Å²) in [7, 11) is 0. The highest BCUT2D eigenvalue weighted by Crippen LogP contribution is 2.32. The molecule has 0 radical (unpaired) electrons. The molecule has 2 atom stereocenters. The zero-order chi connectivity index (χ0) is 15.4. The van der Waals surface area contributed by atoms with E-state index in [9.17, 15) is 4.79 Å². The molecular formula is C15H20Cl2N2O2. The van der Waals surface area contributed by atoms with Crippen molar-refractivity contribution in [1.29, 1.82) is 0 Å². The van der Waals surface area contributed by atoms with Gasteiger partial charge in [0.15, 0.2) is 0 Å². The number of hydrogen-bond donors (Lipinski definition) is 2. The van der Waals surface area contributed by atoms with E-state index in [2.05, 4.69) is 12.2 Å². The second-order valence-corrected chi connectivity index (χ2v) is 6.43. The second kappa shape index (κ2) is 7.34. The summed E-state index contributed by atoms with van der Waals surface area (Å²) in [5, 5.41) is 3.31.